The average molecular weight is 322 g/mol. The molecule has 1 aromatic rings. The Morgan fingerprint density at radius 1 is 1.25 bits per heavy atom. The number of sulfonamides is 1. The van der Waals surface area contributed by atoms with Crippen LogP contribution in [0.1, 0.15) is 37.0 Å². The van der Waals surface area contributed by atoms with Crippen LogP contribution in [0.5, 0.6) is 0 Å². The van der Waals surface area contributed by atoms with Gasteiger partial charge in [0, 0.05) is 18.7 Å². The Bertz CT molecular complexity index is 583. The summed E-state index contributed by atoms with van der Waals surface area (Å²) in [5.41, 5.74) is -0.0420. The van der Waals surface area contributed by atoms with E-state index in [1.54, 1.807) is 0 Å². The maximum absolute atomic E-state index is 13.8. The fraction of sp³-hybridized carbons (Fsp3) is 0.462. The molecule has 0 bridgehead atoms. The molecule has 0 heterocycles. The van der Waals surface area contributed by atoms with Crippen molar-refractivity contribution in [2.45, 2.75) is 31.6 Å². The minimum absolute atomic E-state index is 0.0420. The summed E-state index contributed by atoms with van der Waals surface area (Å²) in [6.45, 7) is 4.28. The monoisotopic (exact) mass is 321 g/mol. The zero-order valence-corrected chi connectivity index (χ0v) is 13.0. The van der Waals surface area contributed by atoms with Crippen LogP contribution >= 0.6 is 11.6 Å². The van der Waals surface area contributed by atoms with E-state index < -0.39 is 26.0 Å². The molecule has 0 spiro atoms. The molecular weight excluding hydrogens is 305 g/mol. The average Bonchev–Trinajstić information content (AvgIpc) is 2.38. The Morgan fingerprint density at radius 3 is 2.25 bits per heavy atom. The van der Waals surface area contributed by atoms with Gasteiger partial charge in [-0.15, -0.1) is 0 Å². The van der Waals surface area contributed by atoms with Gasteiger partial charge in [-0.1, -0.05) is 13.8 Å². The van der Waals surface area contributed by atoms with Crippen molar-refractivity contribution in [3.63, 3.8) is 0 Å². The van der Waals surface area contributed by atoms with Crippen molar-refractivity contribution in [3.8, 4) is 0 Å². The molecule has 0 aromatic heterocycles. The Labute approximate surface area is 123 Å². The van der Waals surface area contributed by atoms with Gasteiger partial charge in [0.15, 0.2) is 0 Å². The van der Waals surface area contributed by atoms with Gasteiger partial charge >= 0.3 is 0 Å². The van der Waals surface area contributed by atoms with Crippen LogP contribution in [0, 0.1) is 5.82 Å². The molecular formula is C13H17ClFNO3S. The van der Waals surface area contributed by atoms with Gasteiger partial charge in [-0.25, -0.2) is 12.8 Å². The summed E-state index contributed by atoms with van der Waals surface area (Å²) in [5.74, 6) is -0.885. The second kappa shape index (κ2) is 7.15. The third-order valence-electron chi connectivity index (χ3n) is 2.72. The molecule has 0 saturated carbocycles. The van der Waals surface area contributed by atoms with Crippen molar-refractivity contribution in [2.75, 3.05) is 13.1 Å². The lowest BCUT2D eigenvalue weighted by atomic mass is 10.2. The highest BCUT2D eigenvalue weighted by Gasteiger charge is 2.27. The molecule has 1 aromatic carbocycles. The number of nitrogens with zero attached hydrogens (tertiary/aromatic N) is 1. The van der Waals surface area contributed by atoms with Crippen LogP contribution in [-0.2, 0) is 10.0 Å². The lowest BCUT2D eigenvalue weighted by molar-refractivity contribution is 0.108. The third-order valence-corrected chi connectivity index (χ3v) is 4.85. The predicted octanol–water partition coefficient (Wildman–Crippen LogP) is 3.02. The largest absolute Gasteiger partial charge is 0.276 e. The van der Waals surface area contributed by atoms with E-state index in [1.165, 1.54) is 4.31 Å². The Balaban J connectivity index is 3.32. The molecule has 0 amide bonds. The Hall–Kier alpha value is -0.980. The van der Waals surface area contributed by atoms with E-state index >= 15 is 0 Å². The molecule has 0 aliphatic heterocycles. The van der Waals surface area contributed by atoms with E-state index in [0.717, 1.165) is 18.2 Å². The van der Waals surface area contributed by atoms with Crippen molar-refractivity contribution < 1.29 is 17.6 Å². The van der Waals surface area contributed by atoms with Gasteiger partial charge in [0.05, 0.1) is 0 Å². The van der Waals surface area contributed by atoms with Crippen molar-refractivity contribution in [1.29, 1.82) is 0 Å². The van der Waals surface area contributed by atoms with Gasteiger partial charge in [0.2, 0.25) is 10.0 Å². The fourth-order valence-corrected chi connectivity index (χ4v) is 3.65. The van der Waals surface area contributed by atoms with Gasteiger partial charge in [-0.05, 0) is 42.6 Å². The SMILES string of the molecule is CCCN(CCC)S(=O)(=O)c1cc(C(=O)Cl)ccc1F. The summed E-state index contributed by atoms with van der Waals surface area (Å²) >= 11 is 5.31. The minimum atomic E-state index is -3.96. The lowest BCUT2D eigenvalue weighted by Crippen LogP contribution is -2.33. The highest BCUT2D eigenvalue weighted by atomic mass is 35.5. The quantitative estimate of drug-likeness (QED) is 0.725. The number of carbonyl (C=O) groups is 1. The molecule has 1 rings (SSSR count). The molecule has 0 N–H and O–H groups in total. The molecule has 0 atom stereocenters. The molecule has 112 valence electrons. The van der Waals surface area contributed by atoms with E-state index in [-0.39, 0.29) is 5.56 Å². The van der Waals surface area contributed by atoms with Gasteiger partial charge < -0.3 is 0 Å². The first-order chi connectivity index (χ1) is 9.34. The van der Waals surface area contributed by atoms with Gasteiger partial charge in [-0.3, -0.25) is 4.79 Å². The van der Waals surface area contributed by atoms with Crippen LogP contribution in [0.15, 0.2) is 23.1 Å². The summed E-state index contributed by atoms with van der Waals surface area (Å²) < 4.78 is 39.9. The topological polar surface area (TPSA) is 54.5 Å². The van der Waals surface area contributed by atoms with E-state index in [4.69, 9.17) is 11.6 Å². The van der Waals surface area contributed by atoms with Gasteiger partial charge in [0.25, 0.3) is 5.24 Å². The fourth-order valence-electron chi connectivity index (χ4n) is 1.81. The first-order valence-electron chi connectivity index (χ1n) is 6.34. The Kier molecular flexibility index (Phi) is 6.10. The molecule has 0 unspecified atom stereocenters. The van der Waals surface area contributed by atoms with E-state index in [0.29, 0.717) is 25.9 Å². The molecule has 0 aliphatic carbocycles. The second-order valence-corrected chi connectivity index (χ2v) is 6.57. The number of rotatable bonds is 7. The number of benzene rings is 1. The van der Waals surface area contributed by atoms with Gasteiger partial charge in [0.1, 0.15) is 10.7 Å². The number of carbonyl (C=O) groups excluding carboxylic acids is 1. The summed E-state index contributed by atoms with van der Waals surface area (Å²) in [6.07, 6.45) is 1.24. The van der Waals surface area contributed by atoms with Crippen molar-refractivity contribution >= 4 is 26.9 Å². The van der Waals surface area contributed by atoms with E-state index in [1.807, 2.05) is 13.8 Å². The predicted molar refractivity (Wildman–Crippen MR) is 75.9 cm³/mol. The molecule has 0 saturated heterocycles. The van der Waals surface area contributed by atoms with Crippen molar-refractivity contribution in [2.24, 2.45) is 0 Å². The van der Waals surface area contributed by atoms with Crippen molar-refractivity contribution in [3.05, 3.63) is 29.6 Å². The van der Waals surface area contributed by atoms with Crippen LogP contribution in [0.3, 0.4) is 0 Å². The van der Waals surface area contributed by atoms with E-state index in [9.17, 15) is 17.6 Å². The maximum Gasteiger partial charge on any atom is 0.252 e. The third kappa shape index (κ3) is 3.77. The number of hydrogen-bond acceptors (Lipinski definition) is 3. The Morgan fingerprint density at radius 2 is 1.80 bits per heavy atom. The number of halogens is 2. The van der Waals surface area contributed by atoms with E-state index in [2.05, 4.69) is 0 Å². The molecule has 20 heavy (non-hydrogen) atoms. The summed E-state index contributed by atoms with van der Waals surface area (Å²) in [7, 11) is -3.96. The van der Waals surface area contributed by atoms with Crippen molar-refractivity contribution in [1.82, 2.24) is 4.31 Å². The standard InChI is InChI=1S/C13H17ClFNO3S/c1-3-7-16(8-4-2)20(18,19)12-9-10(13(14)17)5-6-11(12)15/h5-6,9H,3-4,7-8H2,1-2H3. The van der Waals surface area contributed by atoms with Crippen LogP contribution in [-0.4, -0.2) is 31.1 Å². The zero-order chi connectivity index (χ0) is 15.3. The van der Waals surface area contributed by atoms with Crippen LogP contribution in [0.2, 0.25) is 0 Å². The molecule has 4 nitrogen and oxygen atoms in total. The molecule has 0 radical (unpaired) electrons. The zero-order valence-electron chi connectivity index (χ0n) is 11.4. The highest BCUT2D eigenvalue weighted by Crippen LogP contribution is 2.22. The first-order valence-corrected chi connectivity index (χ1v) is 8.15. The maximum atomic E-state index is 13.8. The molecule has 7 heteroatoms. The number of hydrogen-bond donors (Lipinski definition) is 0. The normalized spacial score (nSPS) is 11.8. The first kappa shape index (κ1) is 17.1. The highest BCUT2D eigenvalue weighted by molar-refractivity contribution is 7.89. The van der Waals surface area contributed by atoms with Gasteiger partial charge in [-0.2, -0.15) is 4.31 Å². The lowest BCUT2D eigenvalue weighted by Gasteiger charge is -2.21. The minimum Gasteiger partial charge on any atom is -0.276 e. The molecule has 0 fully saturated rings. The molecule has 0 aliphatic rings. The smallest absolute Gasteiger partial charge is 0.252 e. The summed E-state index contributed by atoms with van der Waals surface area (Å²) in [6, 6.07) is 3.09. The van der Waals surface area contributed by atoms with Crippen LogP contribution < -0.4 is 0 Å². The summed E-state index contributed by atoms with van der Waals surface area (Å²) in [4.78, 5) is 10.6. The van der Waals surface area contributed by atoms with Crippen LogP contribution in [0.25, 0.3) is 0 Å². The summed E-state index contributed by atoms with van der Waals surface area (Å²) in [5, 5.41) is -0.820. The van der Waals surface area contributed by atoms with Crippen LogP contribution in [0.4, 0.5) is 4.39 Å². The second-order valence-electron chi connectivity index (χ2n) is 4.32.